The Morgan fingerprint density at radius 2 is 1.90 bits per heavy atom. The molecule has 102 valence electrons. The standard InChI is InChI=1S/C16H11N3O2/c17-10-12-8-11-9-14(20)6-7-15(11)21-16(12)19-18-13-4-2-1-3-5-13/h1-9,18,20H/b19-16-. The summed E-state index contributed by atoms with van der Waals surface area (Å²) in [6.07, 6.45) is 0. The molecule has 0 amide bonds. The highest BCUT2D eigenvalue weighted by Gasteiger charge is 2.04. The summed E-state index contributed by atoms with van der Waals surface area (Å²) in [5.74, 6) is 0.119. The summed E-state index contributed by atoms with van der Waals surface area (Å²) in [5.41, 5.74) is 4.66. The van der Waals surface area contributed by atoms with E-state index in [4.69, 9.17) is 4.42 Å². The Morgan fingerprint density at radius 3 is 2.67 bits per heavy atom. The molecule has 0 fully saturated rings. The Balaban J connectivity index is 2.09. The Bertz CT molecular complexity index is 893. The van der Waals surface area contributed by atoms with Crippen LogP contribution in [0.1, 0.15) is 5.56 Å². The Kier molecular flexibility index (Phi) is 3.27. The molecule has 0 spiro atoms. The predicted molar refractivity (Wildman–Crippen MR) is 78.2 cm³/mol. The monoisotopic (exact) mass is 277 g/mol. The molecule has 0 saturated heterocycles. The van der Waals surface area contributed by atoms with Crippen LogP contribution in [0, 0.1) is 11.3 Å². The number of hydrogen-bond acceptors (Lipinski definition) is 5. The molecule has 0 atom stereocenters. The minimum Gasteiger partial charge on any atom is -0.508 e. The number of aromatic hydroxyl groups is 1. The molecule has 0 radical (unpaired) electrons. The van der Waals surface area contributed by atoms with Gasteiger partial charge in [0.05, 0.1) is 5.69 Å². The van der Waals surface area contributed by atoms with Gasteiger partial charge in [-0.1, -0.05) is 18.2 Å². The van der Waals surface area contributed by atoms with Gasteiger partial charge in [0.2, 0.25) is 0 Å². The zero-order chi connectivity index (χ0) is 14.7. The number of nitrogens with one attached hydrogen (secondary N) is 1. The molecule has 2 aromatic carbocycles. The van der Waals surface area contributed by atoms with Crippen LogP contribution in [0.25, 0.3) is 11.0 Å². The predicted octanol–water partition coefficient (Wildman–Crippen LogP) is 2.94. The van der Waals surface area contributed by atoms with Crippen LogP contribution in [0.3, 0.4) is 0 Å². The van der Waals surface area contributed by atoms with Gasteiger partial charge in [-0.3, -0.25) is 5.43 Å². The van der Waals surface area contributed by atoms with Gasteiger partial charge in [-0.15, -0.1) is 5.10 Å². The SMILES string of the molecule is N#Cc1cc2cc(O)ccc2o/c1=N\Nc1ccccc1. The molecule has 0 unspecified atom stereocenters. The van der Waals surface area contributed by atoms with E-state index >= 15 is 0 Å². The van der Waals surface area contributed by atoms with Crippen LogP contribution in [0.5, 0.6) is 5.75 Å². The molecule has 0 saturated carbocycles. The second-order valence-electron chi connectivity index (χ2n) is 4.39. The Labute approximate surface area is 120 Å². The molecule has 0 aliphatic heterocycles. The van der Waals surface area contributed by atoms with Crippen LogP contribution < -0.4 is 11.0 Å². The summed E-state index contributed by atoms with van der Waals surface area (Å²) in [5, 5.41) is 23.4. The van der Waals surface area contributed by atoms with E-state index in [1.54, 1.807) is 12.1 Å². The Morgan fingerprint density at radius 1 is 1.10 bits per heavy atom. The number of rotatable bonds is 2. The molecule has 1 heterocycles. The van der Waals surface area contributed by atoms with E-state index in [1.807, 2.05) is 36.4 Å². The van der Waals surface area contributed by atoms with Crippen molar-refractivity contribution < 1.29 is 9.52 Å². The molecule has 21 heavy (non-hydrogen) atoms. The lowest BCUT2D eigenvalue weighted by atomic mass is 10.2. The van der Waals surface area contributed by atoms with E-state index in [-0.39, 0.29) is 16.9 Å². The van der Waals surface area contributed by atoms with Crippen molar-refractivity contribution in [1.82, 2.24) is 0 Å². The average Bonchev–Trinajstić information content (AvgIpc) is 2.53. The number of anilines is 1. The largest absolute Gasteiger partial charge is 0.508 e. The second kappa shape index (κ2) is 5.39. The van der Waals surface area contributed by atoms with Crippen LogP contribution in [-0.4, -0.2) is 5.11 Å². The van der Waals surface area contributed by atoms with Gasteiger partial charge in [-0.05, 0) is 36.4 Å². The highest BCUT2D eigenvalue weighted by Crippen LogP contribution is 2.19. The number of para-hydroxylation sites is 1. The lowest BCUT2D eigenvalue weighted by molar-refractivity contribution is 0.475. The van der Waals surface area contributed by atoms with Crippen molar-refractivity contribution in [2.45, 2.75) is 0 Å². The van der Waals surface area contributed by atoms with Crippen LogP contribution in [0.15, 0.2) is 64.1 Å². The summed E-state index contributed by atoms with van der Waals surface area (Å²) in [6.45, 7) is 0. The molecule has 0 aliphatic rings. The molecule has 5 heteroatoms. The van der Waals surface area contributed by atoms with E-state index in [9.17, 15) is 10.4 Å². The van der Waals surface area contributed by atoms with Crippen molar-refractivity contribution in [3.63, 3.8) is 0 Å². The van der Waals surface area contributed by atoms with Crippen molar-refractivity contribution in [2.75, 3.05) is 5.43 Å². The lowest BCUT2D eigenvalue weighted by Crippen LogP contribution is -2.09. The fraction of sp³-hybridized carbons (Fsp3) is 0. The minimum absolute atomic E-state index is 0.119. The third kappa shape index (κ3) is 2.69. The first kappa shape index (κ1) is 12.8. The van der Waals surface area contributed by atoms with E-state index in [2.05, 4.69) is 10.5 Å². The fourth-order valence-electron chi connectivity index (χ4n) is 1.91. The summed E-state index contributed by atoms with van der Waals surface area (Å²) in [4.78, 5) is 0. The van der Waals surface area contributed by atoms with E-state index in [1.165, 1.54) is 12.1 Å². The zero-order valence-corrected chi connectivity index (χ0v) is 10.9. The first-order valence-electron chi connectivity index (χ1n) is 6.28. The van der Waals surface area contributed by atoms with E-state index < -0.39 is 0 Å². The molecule has 0 bridgehead atoms. The van der Waals surface area contributed by atoms with Crippen molar-refractivity contribution in [3.8, 4) is 11.8 Å². The van der Waals surface area contributed by atoms with E-state index in [0.29, 0.717) is 11.0 Å². The van der Waals surface area contributed by atoms with Crippen LogP contribution >= 0.6 is 0 Å². The quantitative estimate of drug-likeness (QED) is 0.706. The number of nitriles is 1. The molecule has 1 aromatic heterocycles. The molecular weight excluding hydrogens is 266 g/mol. The van der Waals surface area contributed by atoms with Gasteiger partial charge in [-0.2, -0.15) is 5.26 Å². The van der Waals surface area contributed by atoms with Gasteiger partial charge in [0.25, 0.3) is 5.55 Å². The third-order valence-electron chi connectivity index (χ3n) is 2.91. The van der Waals surface area contributed by atoms with Crippen LogP contribution in [0.2, 0.25) is 0 Å². The first-order chi connectivity index (χ1) is 10.3. The molecule has 0 aliphatic carbocycles. The number of nitrogens with zero attached hydrogens (tertiary/aromatic N) is 2. The van der Waals surface area contributed by atoms with Crippen LogP contribution in [0.4, 0.5) is 5.69 Å². The number of fused-ring (bicyclic) bond motifs is 1. The van der Waals surface area contributed by atoms with Gasteiger partial charge >= 0.3 is 0 Å². The zero-order valence-electron chi connectivity index (χ0n) is 10.9. The van der Waals surface area contributed by atoms with Gasteiger partial charge < -0.3 is 9.52 Å². The highest BCUT2D eigenvalue weighted by molar-refractivity contribution is 5.79. The highest BCUT2D eigenvalue weighted by atomic mass is 16.3. The smallest absolute Gasteiger partial charge is 0.254 e. The maximum absolute atomic E-state index is 9.45. The second-order valence-corrected chi connectivity index (χ2v) is 4.39. The number of phenols is 1. The van der Waals surface area contributed by atoms with Gasteiger partial charge in [0, 0.05) is 5.39 Å². The number of benzene rings is 2. The average molecular weight is 277 g/mol. The molecule has 3 aromatic rings. The van der Waals surface area contributed by atoms with Gasteiger partial charge in [-0.25, -0.2) is 0 Å². The molecular formula is C16H11N3O2. The van der Waals surface area contributed by atoms with Gasteiger partial charge in [0.1, 0.15) is 23.0 Å². The molecule has 3 rings (SSSR count). The van der Waals surface area contributed by atoms with E-state index in [0.717, 1.165) is 5.69 Å². The fourth-order valence-corrected chi connectivity index (χ4v) is 1.91. The lowest BCUT2D eigenvalue weighted by Gasteiger charge is -2.01. The molecule has 5 nitrogen and oxygen atoms in total. The molecule has 2 N–H and O–H groups in total. The minimum atomic E-state index is 0.119. The van der Waals surface area contributed by atoms with Crippen LogP contribution in [-0.2, 0) is 0 Å². The van der Waals surface area contributed by atoms with Gasteiger partial charge in [0.15, 0.2) is 0 Å². The first-order valence-corrected chi connectivity index (χ1v) is 6.28. The summed E-state index contributed by atoms with van der Waals surface area (Å²) in [6, 6.07) is 17.7. The topological polar surface area (TPSA) is 81.5 Å². The van der Waals surface area contributed by atoms with Crippen molar-refractivity contribution in [2.24, 2.45) is 5.10 Å². The van der Waals surface area contributed by atoms with Crippen molar-refractivity contribution >= 4 is 16.7 Å². The number of hydrogen-bond donors (Lipinski definition) is 2. The normalized spacial score (nSPS) is 11.3. The summed E-state index contributed by atoms with van der Waals surface area (Å²) in [7, 11) is 0. The Hall–Kier alpha value is -3.26. The maximum atomic E-state index is 9.45. The van der Waals surface area contributed by atoms with Crippen molar-refractivity contribution in [1.29, 1.82) is 5.26 Å². The third-order valence-corrected chi connectivity index (χ3v) is 2.91. The maximum Gasteiger partial charge on any atom is 0.254 e. The summed E-state index contributed by atoms with van der Waals surface area (Å²) < 4.78 is 5.60. The summed E-state index contributed by atoms with van der Waals surface area (Å²) >= 11 is 0. The van der Waals surface area contributed by atoms with Crippen molar-refractivity contribution in [3.05, 3.63) is 65.7 Å². The number of phenolic OH excluding ortho intramolecular Hbond substituents is 1.